The first-order valence-electron chi connectivity index (χ1n) is 18.2. The molecule has 4 fully saturated rings. The second-order valence-corrected chi connectivity index (χ2v) is 16.1. The Hall–Kier alpha value is -4.45. The number of nitrogens with zero attached hydrogens (tertiary/aromatic N) is 6. The van der Waals surface area contributed by atoms with E-state index in [2.05, 4.69) is 16.4 Å². The molecule has 12 heteroatoms. The highest BCUT2D eigenvalue weighted by molar-refractivity contribution is 6.10. The van der Waals surface area contributed by atoms with E-state index in [4.69, 9.17) is 19.4 Å². The van der Waals surface area contributed by atoms with Crippen molar-refractivity contribution in [1.29, 1.82) is 0 Å². The van der Waals surface area contributed by atoms with Gasteiger partial charge in [0.15, 0.2) is 0 Å². The molecule has 3 saturated heterocycles. The van der Waals surface area contributed by atoms with Gasteiger partial charge in [-0.1, -0.05) is 30.9 Å². The van der Waals surface area contributed by atoms with Crippen LogP contribution >= 0.6 is 0 Å². The molecule has 270 valence electrons. The van der Waals surface area contributed by atoms with Crippen LogP contribution in [0.4, 0.5) is 15.0 Å². The van der Waals surface area contributed by atoms with Crippen LogP contribution in [0.15, 0.2) is 36.9 Å². The summed E-state index contributed by atoms with van der Waals surface area (Å²) in [5.74, 6) is 0.520. The summed E-state index contributed by atoms with van der Waals surface area (Å²) in [6, 6.07) is 9.06. The lowest BCUT2D eigenvalue weighted by Gasteiger charge is -2.42. The first-order chi connectivity index (χ1) is 24.4. The largest absolute Gasteiger partial charge is 0.508 e. The van der Waals surface area contributed by atoms with Gasteiger partial charge < -0.3 is 24.4 Å². The second-order valence-electron chi connectivity index (χ2n) is 16.1. The van der Waals surface area contributed by atoms with E-state index in [1.54, 1.807) is 17.0 Å². The average Bonchev–Trinajstić information content (AvgIpc) is 3.35. The van der Waals surface area contributed by atoms with Crippen LogP contribution < -0.4 is 9.64 Å². The second kappa shape index (κ2) is 12.6. The lowest BCUT2D eigenvalue weighted by Crippen LogP contribution is -2.57. The van der Waals surface area contributed by atoms with Crippen molar-refractivity contribution in [3.05, 3.63) is 59.3 Å². The SMILES string of the molecule is C=Cc1cccc2cc(O)cc(C(=O)N3Cc4nc(OCC5(CN6CC[C@@H](F)C6)CC5)nc(N5CC6CCC(C5)N6C(=O)OC(C)(C)C)c4C3)c12. The summed E-state index contributed by atoms with van der Waals surface area (Å²) < 4.78 is 26.1. The number of carbonyl (C=O) groups excluding carboxylic acids is 2. The van der Waals surface area contributed by atoms with Gasteiger partial charge in [0.2, 0.25) is 0 Å². The quantitative estimate of drug-likeness (QED) is 0.306. The van der Waals surface area contributed by atoms with E-state index in [9.17, 15) is 19.1 Å². The summed E-state index contributed by atoms with van der Waals surface area (Å²) >= 11 is 0. The number of likely N-dealkylation sites (tertiary alicyclic amines) is 1. The van der Waals surface area contributed by atoms with E-state index in [1.165, 1.54) is 6.07 Å². The number of aromatic hydroxyl groups is 1. The molecule has 1 aliphatic carbocycles. The molecule has 1 saturated carbocycles. The summed E-state index contributed by atoms with van der Waals surface area (Å²) in [6.07, 6.45) is 5.03. The predicted molar refractivity (Wildman–Crippen MR) is 192 cm³/mol. The molecule has 3 aromatic rings. The number of rotatable bonds is 8. The van der Waals surface area contributed by atoms with E-state index in [0.717, 1.165) is 72.2 Å². The molecule has 5 aliphatic rings. The topological polar surface area (TPSA) is 112 Å². The maximum Gasteiger partial charge on any atom is 0.410 e. The Morgan fingerprint density at radius 3 is 2.51 bits per heavy atom. The minimum atomic E-state index is -0.762. The number of phenols is 1. The smallest absolute Gasteiger partial charge is 0.410 e. The standard InChI is InChI=1S/C39H47FN6O5/c1-5-24-7-6-8-25-15-29(47)16-30(33(24)25)35(48)45-20-31-32(21-45)41-36(50-23-39(12-13-39)22-43-14-11-26(40)17-43)42-34(31)44-18-27-9-10-28(19-44)46(27)37(49)51-38(2,3)4/h5-8,15-16,26-28,47H,1,9-14,17-23H2,2-4H3/t26-,27?,28?/m1/s1. The Labute approximate surface area is 298 Å². The van der Waals surface area contributed by atoms with Gasteiger partial charge in [0.1, 0.15) is 23.3 Å². The van der Waals surface area contributed by atoms with Gasteiger partial charge in [-0.25, -0.2) is 9.18 Å². The number of ether oxygens (including phenoxy) is 2. The number of benzene rings is 2. The van der Waals surface area contributed by atoms with E-state index in [-0.39, 0.29) is 47.8 Å². The van der Waals surface area contributed by atoms with Gasteiger partial charge in [0.25, 0.3) is 5.91 Å². The number of phenolic OH excluding ortho intramolecular Hbond substituents is 1. The zero-order valence-corrected chi connectivity index (χ0v) is 29.7. The van der Waals surface area contributed by atoms with Crippen molar-refractivity contribution < 1.29 is 28.6 Å². The summed E-state index contributed by atoms with van der Waals surface area (Å²) in [5, 5.41) is 12.1. The number of carbonyl (C=O) groups is 2. The Morgan fingerprint density at radius 2 is 1.84 bits per heavy atom. The molecular weight excluding hydrogens is 651 g/mol. The third kappa shape index (κ3) is 6.58. The molecule has 1 aromatic heterocycles. The lowest BCUT2D eigenvalue weighted by atomic mass is 9.98. The van der Waals surface area contributed by atoms with Gasteiger partial charge in [0, 0.05) is 49.1 Å². The lowest BCUT2D eigenvalue weighted by molar-refractivity contribution is 0.0122. The molecule has 3 atom stereocenters. The number of halogens is 1. The minimum absolute atomic E-state index is 0.0169. The summed E-state index contributed by atoms with van der Waals surface area (Å²) in [6.45, 7) is 13.8. The van der Waals surface area contributed by atoms with Gasteiger partial charge in [-0.15, -0.1) is 0 Å². The van der Waals surface area contributed by atoms with Crippen molar-refractivity contribution in [3.8, 4) is 11.8 Å². The van der Waals surface area contributed by atoms with Crippen LogP contribution in [-0.4, -0.2) is 105 Å². The van der Waals surface area contributed by atoms with E-state index in [1.807, 2.05) is 43.9 Å². The highest BCUT2D eigenvalue weighted by atomic mass is 19.1. The molecule has 0 spiro atoms. The van der Waals surface area contributed by atoms with Crippen LogP contribution in [0.25, 0.3) is 16.8 Å². The van der Waals surface area contributed by atoms with Crippen molar-refractivity contribution in [2.75, 3.05) is 44.2 Å². The number of amides is 2. The van der Waals surface area contributed by atoms with Crippen LogP contribution in [-0.2, 0) is 17.8 Å². The molecule has 0 radical (unpaired) electrons. The van der Waals surface area contributed by atoms with E-state index in [0.29, 0.717) is 44.8 Å². The van der Waals surface area contributed by atoms with Gasteiger partial charge in [-0.2, -0.15) is 9.97 Å². The molecule has 2 unspecified atom stereocenters. The first kappa shape index (κ1) is 33.7. The summed E-state index contributed by atoms with van der Waals surface area (Å²) in [4.78, 5) is 45.5. The number of piperazine rings is 1. The fraction of sp³-hybridized carbons (Fsp3) is 0.538. The van der Waals surface area contributed by atoms with Crippen molar-refractivity contribution >= 4 is 34.7 Å². The van der Waals surface area contributed by atoms with Crippen molar-refractivity contribution in [3.63, 3.8) is 0 Å². The van der Waals surface area contributed by atoms with Crippen LogP contribution in [0.5, 0.6) is 11.8 Å². The molecule has 1 N–H and O–H groups in total. The molecular formula is C39H47FN6O5. The van der Waals surface area contributed by atoms with Crippen molar-refractivity contribution in [2.24, 2.45) is 5.41 Å². The molecule has 8 rings (SSSR count). The normalized spacial score (nSPS) is 23.8. The Balaban J connectivity index is 1.09. The molecule has 11 nitrogen and oxygen atoms in total. The highest BCUT2D eigenvalue weighted by Gasteiger charge is 2.47. The van der Waals surface area contributed by atoms with Crippen LogP contribution in [0.2, 0.25) is 0 Å². The number of alkyl halides is 1. The molecule has 51 heavy (non-hydrogen) atoms. The summed E-state index contributed by atoms with van der Waals surface area (Å²) in [7, 11) is 0. The number of hydrogen-bond acceptors (Lipinski definition) is 9. The minimum Gasteiger partial charge on any atom is -0.508 e. The maximum atomic E-state index is 14.3. The average molecular weight is 699 g/mol. The Bertz CT molecular complexity index is 1880. The zero-order chi connectivity index (χ0) is 35.7. The third-order valence-electron chi connectivity index (χ3n) is 11.1. The van der Waals surface area contributed by atoms with Crippen molar-refractivity contribution in [2.45, 2.75) is 89.8 Å². The number of hydrogen-bond donors (Lipinski definition) is 1. The maximum absolute atomic E-state index is 14.3. The predicted octanol–water partition coefficient (Wildman–Crippen LogP) is 5.93. The molecule has 5 heterocycles. The molecule has 2 amide bonds. The van der Waals surface area contributed by atoms with Crippen LogP contribution in [0.1, 0.15) is 80.1 Å². The molecule has 2 bridgehead atoms. The molecule has 2 aromatic carbocycles. The van der Waals surface area contributed by atoms with Crippen LogP contribution in [0.3, 0.4) is 0 Å². The number of aromatic nitrogens is 2. The Morgan fingerprint density at radius 1 is 1.08 bits per heavy atom. The van der Waals surface area contributed by atoms with Gasteiger partial charge in [-0.3, -0.25) is 14.6 Å². The number of fused-ring (bicyclic) bond motifs is 4. The Kier molecular flexibility index (Phi) is 8.35. The van der Waals surface area contributed by atoms with Gasteiger partial charge in [-0.05, 0) is 76.0 Å². The third-order valence-corrected chi connectivity index (χ3v) is 11.1. The fourth-order valence-electron chi connectivity index (χ4n) is 8.47. The monoisotopic (exact) mass is 698 g/mol. The fourth-order valence-corrected chi connectivity index (χ4v) is 8.47. The van der Waals surface area contributed by atoms with Gasteiger partial charge >= 0.3 is 12.1 Å². The summed E-state index contributed by atoms with van der Waals surface area (Å²) in [5.41, 5.74) is 2.18. The van der Waals surface area contributed by atoms with E-state index < -0.39 is 11.8 Å². The zero-order valence-electron chi connectivity index (χ0n) is 29.7. The van der Waals surface area contributed by atoms with Crippen LogP contribution in [0, 0.1) is 5.41 Å². The van der Waals surface area contributed by atoms with Crippen molar-refractivity contribution in [1.82, 2.24) is 24.7 Å². The van der Waals surface area contributed by atoms with E-state index >= 15 is 0 Å². The molecule has 4 aliphatic heterocycles. The number of anilines is 1. The highest BCUT2D eigenvalue weighted by Crippen LogP contribution is 2.47. The van der Waals surface area contributed by atoms with Gasteiger partial charge in [0.05, 0.1) is 43.0 Å². The first-order valence-corrected chi connectivity index (χ1v) is 18.2.